The summed E-state index contributed by atoms with van der Waals surface area (Å²) in [5.41, 5.74) is 2.81. The molecule has 4 rings (SSSR count). The largest absolute Gasteiger partial charge is 0.371 e. The Morgan fingerprint density at radius 2 is 1.86 bits per heavy atom. The molecule has 1 aliphatic carbocycles. The first-order valence-corrected chi connectivity index (χ1v) is 5.63. The molecule has 0 aromatic heterocycles. The fraction of sp³-hybridized carbons (Fsp3) is 0.538. The van der Waals surface area contributed by atoms with Gasteiger partial charge >= 0.3 is 0 Å². The molecular weight excluding hydrogens is 170 g/mol. The van der Waals surface area contributed by atoms with Crippen LogP contribution in [-0.4, -0.2) is 13.1 Å². The van der Waals surface area contributed by atoms with E-state index < -0.39 is 0 Å². The Balaban J connectivity index is 1.82. The van der Waals surface area contributed by atoms with E-state index >= 15 is 0 Å². The normalized spacial score (nSPS) is 29.9. The summed E-state index contributed by atoms with van der Waals surface area (Å²) in [7, 11) is 0. The standard InChI is InChI=1S/C13H17N/c1-10-3-2-4-13(5-10)14-8-11-6-12(7-11)9-14/h2-5,11-12H,6-9H2,1H3. The molecule has 2 bridgehead atoms. The Morgan fingerprint density at radius 1 is 1.14 bits per heavy atom. The van der Waals surface area contributed by atoms with Crippen molar-refractivity contribution in [2.45, 2.75) is 19.8 Å². The second-order valence-corrected chi connectivity index (χ2v) is 4.95. The summed E-state index contributed by atoms with van der Waals surface area (Å²) in [6.45, 7) is 4.76. The number of anilines is 1. The molecule has 14 heavy (non-hydrogen) atoms. The molecule has 74 valence electrons. The van der Waals surface area contributed by atoms with Crippen LogP contribution in [0.3, 0.4) is 0 Å². The molecule has 1 aromatic rings. The van der Waals surface area contributed by atoms with Crippen molar-refractivity contribution >= 4 is 5.69 Å². The smallest absolute Gasteiger partial charge is 0.0369 e. The molecule has 0 unspecified atom stereocenters. The predicted molar refractivity (Wildman–Crippen MR) is 59.6 cm³/mol. The first kappa shape index (κ1) is 8.34. The molecule has 0 atom stereocenters. The SMILES string of the molecule is Cc1cccc(N2CC3CC(C3)C2)c1. The number of aryl methyl sites for hydroxylation is 1. The Bertz CT molecular complexity index is 329. The number of rotatable bonds is 1. The summed E-state index contributed by atoms with van der Waals surface area (Å²) in [5.74, 6) is 1.99. The summed E-state index contributed by atoms with van der Waals surface area (Å²) in [4.78, 5) is 2.56. The molecule has 0 N–H and O–H groups in total. The molecule has 0 spiro atoms. The van der Waals surface area contributed by atoms with Gasteiger partial charge in [-0.25, -0.2) is 0 Å². The highest BCUT2D eigenvalue weighted by molar-refractivity contribution is 5.49. The van der Waals surface area contributed by atoms with Crippen LogP contribution in [-0.2, 0) is 0 Å². The number of hydrogen-bond acceptors (Lipinski definition) is 1. The van der Waals surface area contributed by atoms with Crippen molar-refractivity contribution < 1.29 is 0 Å². The molecule has 1 nitrogen and oxygen atoms in total. The zero-order valence-electron chi connectivity index (χ0n) is 8.74. The van der Waals surface area contributed by atoms with Gasteiger partial charge in [0.15, 0.2) is 0 Å². The highest BCUT2D eigenvalue weighted by atomic mass is 15.2. The Labute approximate surface area is 85.7 Å². The third-order valence-corrected chi connectivity index (χ3v) is 3.66. The second-order valence-electron chi connectivity index (χ2n) is 4.95. The molecule has 1 saturated carbocycles. The topological polar surface area (TPSA) is 3.24 Å². The first-order valence-electron chi connectivity index (χ1n) is 5.63. The number of nitrogens with zero attached hydrogens (tertiary/aromatic N) is 1. The Kier molecular flexibility index (Phi) is 1.79. The first-order chi connectivity index (χ1) is 6.81. The van der Waals surface area contributed by atoms with Gasteiger partial charge in [-0.2, -0.15) is 0 Å². The maximum absolute atomic E-state index is 2.56. The summed E-state index contributed by atoms with van der Waals surface area (Å²) < 4.78 is 0. The molecular formula is C13H17N. The van der Waals surface area contributed by atoms with Crippen LogP contribution in [0.2, 0.25) is 0 Å². The number of piperidine rings is 2. The maximum Gasteiger partial charge on any atom is 0.0369 e. The van der Waals surface area contributed by atoms with Crippen molar-refractivity contribution in [3.05, 3.63) is 29.8 Å². The van der Waals surface area contributed by atoms with Crippen LogP contribution in [0.5, 0.6) is 0 Å². The minimum atomic E-state index is 0.995. The van der Waals surface area contributed by atoms with Crippen LogP contribution in [0.25, 0.3) is 0 Å². The van der Waals surface area contributed by atoms with E-state index in [0.29, 0.717) is 0 Å². The third-order valence-electron chi connectivity index (χ3n) is 3.66. The van der Waals surface area contributed by atoms with E-state index in [-0.39, 0.29) is 0 Å². The molecule has 0 amide bonds. The van der Waals surface area contributed by atoms with Gasteiger partial charge in [-0.05, 0) is 49.3 Å². The summed E-state index contributed by atoms with van der Waals surface area (Å²) in [6, 6.07) is 8.90. The highest BCUT2D eigenvalue weighted by Gasteiger charge is 2.36. The van der Waals surface area contributed by atoms with E-state index in [1.165, 1.54) is 37.2 Å². The van der Waals surface area contributed by atoms with Crippen molar-refractivity contribution in [1.82, 2.24) is 0 Å². The van der Waals surface area contributed by atoms with E-state index in [0.717, 1.165) is 11.8 Å². The van der Waals surface area contributed by atoms with Gasteiger partial charge in [0.25, 0.3) is 0 Å². The van der Waals surface area contributed by atoms with Crippen LogP contribution in [0.4, 0.5) is 5.69 Å². The summed E-state index contributed by atoms with van der Waals surface area (Å²) in [6.07, 6.45) is 2.98. The van der Waals surface area contributed by atoms with Gasteiger partial charge < -0.3 is 4.90 Å². The molecule has 3 aliphatic rings. The Hall–Kier alpha value is -0.980. The maximum atomic E-state index is 2.56. The van der Waals surface area contributed by atoms with Gasteiger partial charge in [0.05, 0.1) is 0 Å². The van der Waals surface area contributed by atoms with Crippen molar-refractivity contribution in [3.8, 4) is 0 Å². The average molecular weight is 187 g/mol. The molecule has 3 fully saturated rings. The van der Waals surface area contributed by atoms with Gasteiger partial charge in [-0.15, -0.1) is 0 Å². The lowest BCUT2D eigenvalue weighted by Gasteiger charge is -2.48. The van der Waals surface area contributed by atoms with Crippen LogP contribution < -0.4 is 4.90 Å². The quantitative estimate of drug-likeness (QED) is 0.653. The van der Waals surface area contributed by atoms with Crippen molar-refractivity contribution in [1.29, 1.82) is 0 Å². The van der Waals surface area contributed by atoms with Crippen molar-refractivity contribution in [2.75, 3.05) is 18.0 Å². The second kappa shape index (κ2) is 3.01. The Morgan fingerprint density at radius 3 is 2.50 bits per heavy atom. The number of benzene rings is 1. The lowest BCUT2D eigenvalue weighted by Crippen LogP contribution is -2.48. The summed E-state index contributed by atoms with van der Waals surface area (Å²) in [5, 5.41) is 0. The fourth-order valence-electron chi connectivity index (χ4n) is 2.91. The van der Waals surface area contributed by atoms with Crippen LogP contribution in [0.1, 0.15) is 18.4 Å². The monoisotopic (exact) mass is 187 g/mol. The third kappa shape index (κ3) is 1.31. The summed E-state index contributed by atoms with van der Waals surface area (Å²) >= 11 is 0. The van der Waals surface area contributed by atoms with Crippen LogP contribution >= 0.6 is 0 Å². The predicted octanol–water partition coefficient (Wildman–Crippen LogP) is 2.84. The van der Waals surface area contributed by atoms with Gasteiger partial charge in [0.1, 0.15) is 0 Å². The minimum Gasteiger partial charge on any atom is -0.371 e. The van der Waals surface area contributed by atoms with Gasteiger partial charge in [0.2, 0.25) is 0 Å². The molecule has 0 radical (unpaired) electrons. The van der Waals surface area contributed by atoms with Gasteiger partial charge in [0, 0.05) is 18.8 Å². The zero-order chi connectivity index (χ0) is 9.54. The molecule has 2 aliphatic heterocycles. The molecule has 2 saturated heterocycles. The average Bonchev–Trinajstić information content (AvgIpc) is 2.17. The molecule has 1 heteroatoms. The van der Waals surface area contributed by atoms with E-state index in [4.69, 9.17) is 0 Å². The van der Waals surface area contributed by atoms with E-state index in [1.807, 2.05) is 0 Å². The molecule has 2 heterocycles. The fourth-order valence-corrected chi connectivity index (χ4v) is 2.91. The lowest BCUT2D eigenvalue weighted by molar-refractivity contribution is 0.159. The number of hydrogen-bond donors (Lipinski definition) is 0. The van der Waals surface area contributed by atoms with E-state index in [9.17, 15) is 0 Å². The van der Waals surface area contributed by atoms with Gasteiger partial charge in [-0.3, -0.25) is 0 Å². The van der Waals surface area contributed by atoms with Gasteiger partial charge in [-0.1, -0.05) is 12.1 Å². The lowest BCUT2D eigenvalue weighted by atomic mass is 9.71. The molecule has 1 aromatic carbocycles. The highest BCUT2D eigenvalue weighted by Crippen LogP contribution is 2.40. The van der Waals surface area contributed by atoms with E-state index in [1.54, 1.807) is 0 Å². The van der Waals surface area contributed by atoms with E-state index in [2.05, 4.69) is 36.1 Å². The van der Waals surface area contributed by atoms with Crippen LogP contribution in [0, 0.1) is 18.8 Å². The van der Waals surface area contributed by atoms with Crippen LogP contribution in [0.15, 0.2) is 24.3 Å². The van der Waals surface area contributed by atoms with Crippen molar-refractivity contribution in [3.63, 3.8) is 0 Å². The number of fused-ring (bicyclic) bond motifs is 2. The minimum absolute atomic E-state index is 0.995. The zero-order valence-corrected chi connectivity index (χ0v) is 8.74. The van der Waals surface area contributed by atoms with Crippen molar-refractivity contribution in [2.24, 2.45) is 11.8 Å².